The number of benzene rings is 2. The first-order valence-corrected chi connectivity index (χ1v) is 12.0. The van der Waals surface area contributed by atoms with E-state index in [9.17, 15) is 18.0 Å². The fourth-order valence-electron chi connectivity index (χ4n) is 3.43. The van der Waals surface area contributed by atoms with Crippen LogP contribution in [-0.2, 0) is 35.5 Å². The van der Waals surface area contributed by atoms with Crippen LogP contribution >= 0.6 is 0 Å². The maximum Gasteiger partial charge on any atom is 0.310 e. The van der Waals surface area contributed by atoms with Crippen LogP contribution in [0.5, 0.6) is 11.5 Å². The third-order valence-electron chi connectivity index (χ3n) is 5.25. The van der Waals surface area contributed by atoms with E-state index < -0.39 is 28.5 Å². The molecule has 0 aliphatic carbocycles. The minimum Gasteiger partial charge on any atom is -0.497 e. The fourth-order valence-corrected chi connectivity index (χ4v) is 5.09. The lowest BCUT2D eigenvalue weighted by molar-refractivity contribution is -0.146. The van der Waals surface area contributed by atoms with Crippen molar-refractivity contribution < 1.29 is 37.0 Å². The Morgan fingerprint density at radius 3 is 2.47 bits per heavy atom. The largest absolute Gasteiger partial charge is 0.497 e. The molecule has 0 unspecified atom stereocenters. The quantitative estimate of drug-likeness (QED) is 0.526. The predicted molar refractivity (Wildman–Crippen MR) is 124 cm³/mol. The highest BCUT2D eigenvalue weighted by molar-refractivity contribution is 7.89. The zero-order valence-electron chi connectivity index (χ0n) is 19.3. The second-order valence-corrected chi connectivity index (χ2v) is 9.47. The first-order chi connectivity index (χ1) is 16.2. The Balaban J connectivity index is 1.60. The molecule has 0 bridgehead atoms. The van der Waals surface area contributed by atoms with Crippen LogP contribution in [0.3, 0.4) is 0 Å². The normalized spacial score (nSPS) is 14.3. The minimum absolute atomic E-state index is 0.0904. The van der Waals surface area contributed by atoms with Crippen molar-refractivity contribution in [1.29, 1.82) is 0 Å². The molecule has 0 radical (unpaired) electrons. The molecule has 0 spiro atoms. The van der Waals surface area contributed by atoms with E-state index in [1.165, 1.54) is 24.6 Å². The van der Waals surface area contributed by atoms with Gasteiger partial charge in [0.15, 0.2) is 6.61 Å². The SMILES string of the molecule is COc1ccc(CC(=O)OCC(=O)Nc2ccc(C)c(S(=O)(=O)N3CCOCC3)c2)c(OC)c1. The molecule has 1 fully saturated rings. The van der Waals surface area contributed by atoms with Crippen LogP contribution in [-0.4, -0.2) is 71.7 Å². The highest BCUT2D eigenvalue weighted by Gasteiger charge is 2.28. The molecular formula is C23H28N2O8S. The number of aryl methyl sites for hydroxylation is 1. The van der Waals surface area contributed by atoms with Crippen LogP contribution in [0.4, 0.5) is 5.69 Å². The van der Waals surface area contributed by atoms with Gasteiger partial charge in [0.25, 0.3) is 5.91 Å². The van der Waals surface area contributed by atoms with E-state index in [1.54, 1.807) is 37.3 Å². The molecule has 0 aromatic heterocycles. The summed E-state index contributed by atoms with van der Waals surface area (Å²) in [7, 11) is -0.725. The average Bonchev–Trinajstić information content (AvgIpc) is 2.84. The molecule has 0 saturated carbocycles. The summed E-state index contributed by atoms with van der Waals surface area (Å²) in [6.07, 6.45) is -0.0904. The van der Waals surface area contributed by atoms with E-state index >= 15 is 0 Å². The van der Waals surface area contributed by atoms with Crippen LogP contribution in [0.1, 0.15) is 11.1 Å². The van der Waals surface area contributed by atoms with Crippen molar-refractivity contribution in [3.8, 4) is 11.5 Å². The number of amides is 1. The number of esters is 1. The van der Waals surface area contributed by atoms with Gasteiger partial charge in [-0.15, -0.1) is 0 Å². The van der Waals surface area contributed by atoms with Crippen LogP contribution in [0.15, 0.2) is 41.3 Å². The van der Waals surface area contributed by atoms with Crippen molar-refractivity contribution >= 4 is 27.6 Å². The number of carbonyl (C=O) groups excluding carboxylic acids is 2. The molecule has 1 amide bonds. The molecule has 11 heteroatoms. The van der Waals surface area contributed by atoms with Gasteiger partial charge in [-0.3, -0.25) is 9.59 Å². The highest BCUT2D eigenvalue weighted by Crippen LogP contribution is 2.26. The summed E-state index contributed by atoms with van der Waals surface area (Å²) >= 11 is 0. The van der Waals surface area contributed by atoms with Gasteiger partial charge in [0.1, 0.15) is 11.5 Å². The Morgan fingerprint density at radius 1 is 1.06 bits per heavy atom. The number of methoxy groups -OCH3 is 2. The number of hydrogen-bond acceptors (Lipinski definition) is 8. The summed E-state index contributed by atoms with van der Waals surface area (Å²) in [6, 6.07) is 9.64. The number of ether oxygens (including phenoxy) is 4. The first-order valence-electron chi connectivity index (χ1n) is 10.6. The topological polar surface area (TPSA) is 120 Å². The Hall–Kier alpha value is -3.15. The smallest absolute Gasteiger partial charge is 0.310 e. The highest BCUT2D eigenvalue weighted by atomic mass is 32.2. The molecule has 1 saturated heterocycles. The maximum absolute atomic E-state index is 13.0. The van der Waals surface area contributed by atoms with E-state index in [1.807, 2.05) is 0 Å². The molecule has 1 aliphatic heterocycles. The molecule has 1 aliphatic rings. The fraction of sp³-hybridized carbons (Fsp3) is 0.391. The zero-order chi connectivity index (χ0) is 24.7. The van der Waals surface area contributed by atoms with Crippen LogP contribution in [0.25, 0.3) is 0 Å². The summed E-state index contributed by atoms with van der Waals surface area (Å²) in [5.41, 5.74) is 1.44. The van der Waals surface area contributed by atoms with Crippen LogP contribution in [0, 0.1) is 6.92 Å². The number of hydrogen-bond donors (Lipinski definition) is 1. The summed E-state index contributed by atoms with van der Waals surface area (Å²) in [4.78, 5) is 24.6. The molecule has 3 rings (SSSR count). The second kappa shape index (κ2) is 11.3. The number of nitrogens with one attached hydrogen (secondary N) is 1. The van der Waals surface area contributed by atoms with Crippen molar-refractivity contribution in [3.63, 3.8) is 0 Å². The van der Waals surface area contributed by atoms with E-state index in [0.29, 0.717) is 35.8 Å². The lowest BCUT2D eigenvalue weighted by atomic mass is 10.1. The van der Waals surface area contributed by atoms with Crippen molar-refractivity contribution in [2.45, 2.75) is 18.2 Å². The molecule has 1 heterocycles. The van der Waals surface area contributed by atoms with Crippen LogP contribution in [0.2, 0.25) is 0 Å². The van der Waals surface area contributed by atoms with Gasteiger partial charge in [0, 0.05) is 30.4 Å². The Bertz CT molecular complexity index is 1140. The number of carbonyl (C=O) groups is 2. The van der Waals surface area contributed by atoms with Gasteiger partial charge in [0.2, 0.25) is 10.0 Å². The van der Waals surface area contributed by atoms with Gasteiger partial charge >= 0.3 is 5.97 Å². The zero-order valence-corrected chi connectivity index (χ0v) is 20.1. The number of anilines is 1. The van der Waals surface area contributed by atoms with Crippen molar-refractivity contribution in [3.05, 3.63) is 47.5 Å². The number of nitrogens with zero attached hydrogens (tertiary/aromatic N) is 1. The third kappa shape index (κ3) is 6.25. The maximum atomic E-state index is 13.0. The average molecular weight is 493 g/mol. The van der Waals surface area contributed by atoms with Crippen molar-refractivity contribution in [1.82, 2.24) is 4.31 Å². The Morgan fingerprint density at radius 2 is 1.79 bits per heavy atom. The van der Waals surface area contributed by atoms with Crippen molar-refractivity contribution in [2.24, 2.45) is 0 Å². The number of morpholine rings is 1. The van der Waals surface area contributed by atoms with E-state index in [-0.39, 0.29) is 30.1 Å². The van der Waals surface area contributed by atoms with Gasteiger partial charge in [-0.05, 0) is 30.7 Å². The van der Waals surface area contributed by atoms with Crippen LogP contribution < -0.4 is 14.8 Å². The lowest BCUT2D eigenvalue weighted by Crippen LogP contribution is -2.40. The number of sulfonamides is 1. The summed E-state index contributed by atoms with van der Waals surface area (Å²) in [6.45, 7) is 2.39. The number of rotatable bonds is 9. The Labute approximate surface area is 198 Å². The second-order valence-electron chi connectivity index (χ2n) is 7.56. The Kier molecular flexibility index (Phi) is 8.48. The van der Waals surface area contributed by atoms with Gasteiger partial charge in [0.05, 0.1) is 38.7 Å². The monoisotopic (exact) mass is 492 g/mol. The van der Waals surface area contributed by atoms with Gasteiger partial charge < -0.3 is 24.3 Å². The van der Waals surface area contributed by atoms with E-state index in [4.69, 9.17) is 18.9 Å². The predicted octanol–water partition coefficient (Wildman–Crippen LogP) is 1.76. The summed E-state index contributed by atoms with van der Waals surface area (Å²) in [5, 5.41) is 2.58. The van der Waals surface area contributed by atoms with Gasteiger partial charge in [-0.25, -0.2) is 8.42 Å². The molecular weight excluding hydrogens is 464 g/mol. The third-order valence-corrected chi connectivity index (χ3v) is 7.29. The minimum atomic E-state index is -3.73. The van der Waals surface area contributed by atoms with E-state index in [2.05, 4.69) is 5.32 Å². The van der Waals surface area contributed by atoms with Gasteiger partial charge in [-0.1, -0.05) is 12.1 Å². The van der Waals surface area contributed by atoms with Gasteiger partial charge in [-0.2, -0.15) is 4.31 Å². The molecule has 1 N–H and O–H groups in total. The van der Waals surface area contributed by atoms with Crippen molar-refractivity contribution in [2.75, 3.05) is 52.4 Å². The molecule has 0 atom stereocenters. The lowest BCUT2D eigenvalue weighted by Gasteiger charge is -2.26. The first kappa shape index (κ1) is 25.5. The molecule has 34 heavy (non-hydrogen) atoms. The molecule has 10 nitrogen and oxygen atoms in total. The summed E-state index contributed by atoms with van der Waals surface area (Å²) in [5.74, 6) is -0.150. The molecule has 2 aromatic carbocycles. The standard InChI is InChI=1S/C23H28N2O8S/c1-16-4-6-18(13-21(16)34(28,29)25-8-10-32-11-9-25)24-22(26)15-33-23(27)12-17-5-7-19(30-2)14-20(17)31-3/h4-7,13-14H,8-12,15H2,1-3H3,(H,24,26). The molecule has 184 valence electrons. The summed E-state index contributed by atoms with van der Waals surface area (Å²) < 4.78 is 48.0. The van der Waals surface area contributed by atoms with E-state index in [0.717, 1.165) is 0 Å². The molecule has 2 aromatic rings.